The molecule has 0 fully saturated rings. The van der Waals surface area contributed by atoms with E-state index in [9.17, 15) is 4.79 Å². The average molecular weight is 315 g/mol. The molecule has 4 rings (SSSR count). The number of para-hydroxylation sites is 1. The molecule has 0 radical (unpaired) electrons. The number of allylic oxidation sites excluding steroid dienone is 2. The van der Waals surface area contributed by atoms with Crippen molar-refractivity contribution in [1.82, 2.24) is 4.57 Å². The predicted octanol–water partition coefficient (Wildman–Crippen LogP) is 4.99. The molecule has 2 aromatic carbocycles. The number of fused-ring (bicyclic) bond motifs is 1. The molecule has 1 unspecified atom stereocenters. The van der Waals surface area contributed by atoms with Crippen molar-refractivity contribution < 1.29 is 4.79 Å². The molecule has 2 nitrogen and oxygen atoms in total. The Morgan fingerprint density at radius 2 is 1.75 bits per heavy atom. The minimum atomic E-state index is 0.0186. The Morgan fingerprint density at radius 3 is 2.54 bits per heavy atom. The average Bonchev–Trinajstić information content (AvgIpc) is 2.95. The van der Waals surface area contributed by atoms with Crippen LogP contribution >= 0.6 is 0 Å². The number of nitrogens with zero attached hydrogens (tertiary/aromatic N) is 1. The lowest BCUT2D eigenvalue weighted by Gasteiger charge is -2.23. The number of benzene rings is 2. The highest BCUT2D eigenvalue weighted by atomic mass is 16.1. The first kappa shape index (κ1) is 14.9. The quantitative estimate of drug-likeness (QED) is 0.667. The number of rotatable bonds is 3. The molecule has 0 saturated heterocycles. The summed E-state index contributed by atoms with van der Waals surface area (Å²) in [7, 11) is 2.07. The maximum absolute atomic E-state index is 12.7. The van der Waals surface area contributed by atoms with Gasteiger partial charge < -0.3 is 4.57 Å². The first-order chi connectivity index (χ1) is 11.8. The summed E-state index contributed by atoms with van der Waals surface area (Å²) in [6.45, 7) is 0. The zero-order valence-electron chi connectivity index (χ0n) is 13.9. The number of aromatic nitrogens is 1. The summed E-state index contributed by atoms with van der Waals surface area (Å²) < 4.78 is 2.16. The highest BCUT2D eigenvalue weighted by Gasteiger charge is 2.28. The number of ketones is 1. The van der Waals surface area contributed by atoms with Gasteiger partial charge in [-0.05, 0) is 30.0 Å². The number of carbonyl (C=O) groups excluding carboxylic acids is 1. The topological polar surface area (TPSA) is 22.0 Å². The highest BCUT2D eigenvalue weighted by Crippen LogP contribution is 2.39. The van der Waals surface area contributed by atoms with Gasteiger partial charge in [0.05, 0.1) is 0 Å². The second-order valence-electron chi connectivity index (χ2n) is 6.53. The lowest BCUT2D eigenvalue weighted by Crippen LogP contribution is -2.16. The van der Waals surface area contributed by atoms with Crippen molar-refractivity contribution in [3.63, 3.8) is 0 Å². The largest absolute Gasteiger partial charge is 0.350 e. The second kappa shape index (κ2) is 6.12. The third-order valence-electron chi connectivity index (χ3n) is 4.98. The van der Waals surface area contributed by atoms with Gasteiger partial charge in [0.2, 0.25) is 0 Å². The molecule has 1 aromatic heterocycles. The van der Waals surface area contributed by atoms with E-state index in [0.717, 1.165) is 18.4 Å². The molecule has 0 amide bonds. The van der Waals surface area contributed by atoms with E-state index in [1.807, 2.05) is 6.07 Å². The summed E-state index contributed by atoms with van der Waals surface area (Å²) in [5.74, 6) is 0.313. The van der Waals surface area contributed by atoms with Gasteiger partial charge in [0.25, 0.3) is 0 Å². The van der Waals surface area contributed by atoms with E-state index in [1.54, 1.807) is 0 Å². The Labute approximate surface area is 142 Å². The molecule has 0 saturated carbocycles. The number of carbonyl (C=O) groups is 1. The maximum atomic E-state index is 12.7. The van der Waals surface area contributed by atoms with Gasteiger partial charge in [-0.15, -0.1) is 0 Å². The predicted molar refractivity (Wildman–Crippen MR) is 98.1 cm³/mol. The molecule has 2 heteroatoms. The molecule has 24 heavy (non-hydrogen) atoms. The summed E-state index contributed by atoms with van der Waals surface area (Å²) in [5, 5.41) is 1.23. The highest BCUT2D eigenvalue weighted by molar-refractivity contribution is 5.99. The zero-order valence-corrected chi connectivity index (χ0v) is 13.9. The Kier molecular flexibility index (Phi) is 3.81. The summed E-state index contributed by atoms with van der Waals surface area (Å²) in [6.07, 6.45) is 6.98. The molecule has 0 N–H and O–H groups in total. The number of Topliss-reactive ketones (excluding diaryl/α,β-unsaturated/α-hetero) is 1. The van der Waals surface area contributed by atoms with Crippen LogP contribution in [-0.4, -0.2) is 10.4 Å². The van der Waals surface area contributed by atoms with Crippen molar-refractivity contribution >= 4 is 16.7 Å². The number of hydrogen-bond acceptors (Lipinski definition) is 1. The molecule has 3 aromatic rings. The third-order valence-corrected chi connectivity index (χ3v) is 4.98. The van der Waals surface area contributed by atoms with E-state index >= 15 is 0 Å². The summed E-state index contributed by atoms with van der Waals surface area (Å²) in [6, 6.07) is 18.8. The van der Waals surface area contributed by atoms with Gasteiger partial charge in [-0.25, -0.2) is 0 Å². The van der Waals surface area contributed by atoms with E-state index in [4.69, 9.17) is 0 Å². The van der Waals surface area contributed by atoms with Crippen LogP contribution in [0.2, 0.25) is 0 Å². The van der Waals surface area contributed by atoms with Crippen molar-refractivity contribution in [2.75, 3.05) is 0 Å². The van der Waals surface area contributed by atoms with E-state index < -0.39 is 0 Å². The molecule has 1 atom stereocenters. The SMILES string of the molecule is Cn1cc(C(C2=CCCCC2=O)c2ccccc2)c2ccccc21. The maximum Gasteiger partial charge on any atom is 0.159 e. The first-order valence-corrected chi connectivity index (χ1v) is 8.58. The van der Waals surface area contributed by atoms with Crippen molar-refractivity contribution in [2.45, 2.75) is 25.2 Å². The van der Waals surface area contributed by atoms with Gasteiger partial charge in [0.15, 0.2) is 5.78 Å². The standard InChI is InChI=1S/C22H21NO/c1-23-15-19(17-11-5-7-13-20(17)23)22(16-9-3-2-4-10-16)18-12-6-8-14-21(18)24/h2-5,7,9-13,15,22H,6,8,14H2,1H3. The first-order valence-electron chi connectivity index (χ1n) is 8.58. The van der Waals surface area contributed by atoms with Crippen molar-refractivity contribution in [1.29, 1.82) is 0 Å². The van der Waals surface area contributed by atoms with Gasteiger partial charge in [-0.2, -0.15) is 0 Å². The van der Waals surface area contributed by atoms with E-state index in [0.29, 0.717) is 12.2 Å². The molecule has 0 bridgehead atoms. The molecule has 1 heterocycles. The smallest absolute Gasteiger partial charge is 0.159 e. The minimum absolute atomic E-state index is 0.0186. The van der Waals surface area contributed by atoms with Crippen LogP contribution in [0.4, 0.5) is 0 Å². The van der Waals surface area contributed by atoms with E-state index in [-0.39, 0.29) is 5.92 Å². The van der Waals surface area contributed by atoms with Crippen LogP contribution in [0.5, 0.6) is 0 Å². The fourth-order valence-corrected chi connectivity index (χ4v) is 3.83. The van der Waals surface area contributed by atoms with Crippen LogP contribution in [0.3, 0.4) is 0 Å². The van der Waals surface area contributed by atoms with Crippen LogP contribution in [0, 0.1) is 0 Å². The summed E-state index contributed by atoms with van der Waals surface area (Å²) in [5.41, 5.74) is 4.58. The van der Waals surface area contributed by atoms with E-state index in [1.165, 1.54) is 22.0 Å². The van der Waals surface area contributed by atoms with Crippen LogP contribution in [0.15, 0.2) is 72.4 Å². The Morgan fingerprint density at radius 1 is 1.00 bits per heavy atom. The van der Waals surface area contributed by atoms with Crippen LogP contribution in [-0.2, 0) is 11.8 Å². The summed E-state index contributed by atoms with van der Waals surface area (Å²) >= 11 is 0. The van der Waals surface area contributed by atoms with Gasteiger partial charge >= 0.3 is 0 Å². The number of aryl methyl sites for hydroxylation is 1. The Hall–Kier alpha value is -2.61. The van der Waals surface area contributed by atoms with E-state index in [2.05, 4.69) is 72.4 Å². The molecule has 1 aliphatic carbocycles. The zero-order chi connectivity index (χ0) is 16.5. The second-order valence-corrected chi connectivity index (χ2v) is 6.53. The van der Waals surface area contributed by atoms with Crippen molar-refractivity contribution in [3.05, 3.63) is 83.6 Å². The fraction of sp³-hybridized carbons (Fsp3) is 0.227. The van der Waals surface area contributed by atoms with Gasteiger partial charge in [-0.1, -0.05) is 54.6 Å². The Bertz CT molecular complexity index is 918. The van der Waals surface area contributed by atoms with Crippen LogP contribution in [0.1, 0.15) is 36.3 Å². The van der Waals surface area contributed by atoms with Gasteiger partial charge in [0, 0.05) is 42.1 Å². The Balaban J connectivity index is 1.96. The van der Waals surface area contributed by atoms with Crippen LogP contribution in [0.25, 0.3) is 10.9 Å². The molecular weight excluding hydrogens is 294 g/mol. The van der Waals surface area contributed by atoms with Crippen molar-refractivity contribution in [2.24, 2.45) is 7.05 Å². The molecule has 0 aliphatic heterocycles. The third kappa shape index (κ3) is 2.48. The molecular formula is C22H21NO. The lowest BCUT2D eigenvalue weighted by molar-refractivity contribution is -0.116. The minimum Gasteiger partial charge on any atom is -0.350 e. The van der Waals surface area contributed by atoms with Gasteiger partial charge in [-0.3, -0.25) is 4.79 Å². The molecule has 120 valence electrons. The monoisotopic (exact) mass is 315 g/mol. The number of hydrogen-bond donors (Lipinski definition) is 0. The van der Waals surface area contributed by atoms with Crippen molar-refractivity contribution in [3.8, 4) is 0 Å². The molecule has 1 aliphatic rings. The fourth-order valence-electron chi connectivity index (χ4n) is 3.83. The lowest BCUT2D eigenvalue weighted by atomic mass is 9.79. The molecule has 0 spiro atoms. The van der Waals surface area contributed by atoms with Crippen LogP contribution < -0.4 is 0 Å². The van der Waals surface area contributed by atoms with Gasteiger partial charge in [0.1, 0.15) is 0 Å². The normalized spacial score (nSPS) is 16.2. The summed E-state index contributed by atoms with van der Waals surface area (Å²) in [4.78, 5) is 12.7.